The Morgan fingerprint density at radius 1 is 1.20 bits per heavy atom. The lowest BCUT2D eigenvalue weighted by Gasteiger charge is -2.20. The third-order valence-electron chi connectivity index (χ3n) is 3.32. The van der Waals surface area contributed by atoms with Gasteiger partial charge in [0.25, 0.3) is 0 Å². The first kappa shape index (κ1) is 14.7. The molecule has 108 valence electrons. The van der Waals surface area contributed by atoms with E-state index >= 15 is 0 Å². The molecule has 1 atom stereocenters. The number of nitrogens with zero attached hydrogens (tertiary/aromatic N) is 3. The van der Waals surface area contributed by atoms with E-state index in [0.717, 1.165) is 37.4 Å². The summed E-state index contributed by atoms with van der Waals surface area (Å²) in [6.07, 6.45) is 8.04. The molecule has 0 saturated heterocycles. The van der Waals surface area contributed by atoms with Gasteiger partial charge >= 0.3 is 0 Å². The standard InChI is InChI=1S/C16H24N4/c1-4-7-18-15(14-6-8-17-13(3)12-14)16-19-9-11-20(16)10-5-2/h6,8-9,11-12,15,18H,4-5,7,10H2,1-3H3. The van der Waals surface area contributed by atoms with Crippen LogP contribution in [0.1, 0.15) is 49.8 Å². The number of aromatic nitrogens is 3. The van der Waals surface area contributed by atoms with Crippen molar-refractivity contribution in [3.05, 3.63) is 47.8 Å². The van der Waals surface area contributed by atoms with Gasteiger partial charge in [0, 0.05) is 30.8 Å². The average molecular weight is 272 g/mol. The highest BCUT2D eigenvalue weighted by Gasteiger charge is 2.18. The highest BCUT2D eigenvalue weighted by molar-refractivity contribution is 5.25. The summed E-state index contributed by atoms with van der Waals surface area (Å²) in [6, 6.07) is 4.35. The molecule has 2 aromatic rings. The molecular weight excluding hydrogens is 248 g/mol. The predicted octanol–water partition coefficient (Wildman–Crippen LogP) is 3.09. The van der Waals surface area contributed by atoms with Crippen molar-refractivity contribution in [2.24, 2.45) is 0 Å². The van der Waals surface area contributed by atoms with E-state index in [9.17, 15) is 0 Å². The Kier molecular flexibility index (Phi) is 5.30. The molecule has 2 rings (SSSR count). The van der Waals surface area contributed by atoms with Gasteiger partial charge in [-0.25, -0.2) is 4.98 Å². The molecule has 1 N–H and O–H groups in total. The van der Waals surface area contributed by atoms with Gasteiger partial charge in [0.1, 0.15) is 5.82 Å². The van der Waals surface area contributed by atoms with Crippen molar-refractivity contribution < 1.29 is 0 Å². The van der Waals surface area contributed by atoms with E-state index in [-0.39, 0.29) is 6.04 Å². The van der Waals surface area contributed by atoms with E-state index in [2.05, 4.69) is 52.0 Å². The van der Waals surface area contributed by atoms with Crippen LogP contribution in [0, 0.1) is 6.92 Å². The van der Waals surface area contributed by atoms with E-state index in [1.165, 1.54) is 5.56 Å². The largest absolute Gasteiger partial charge is 0.333 e. The van der Waals surface area contributed by atoms with E-state index < -0.39 is 0 Å². The second-order valence-electron chi connectivity index (χ2n) is 5.10. The Bertz CT molecular complexity index is 533. The van der Waals surface area contributed by atoms with Crippen molar-refractivity contribution in [1.82, 2.24) is 19.9 Å². The number of nitrogens with one attached hydrogen (secondary N) is 1. The summed E-state index contributed by atoms with van der Waals surface area (Å²) in [4.78, 5) is 8.86. The first-order chi connectivity index (χ1) is 9.76. The van der Waals surface area contributed by atoms with Gasteiger partial charge in [0.2, 0.25) is 0 Å². The molecule has 2 heterocycles. The van der Waals surface area contributed by atoms with Gasteiger partial charge in [0.05, 0.1) is 6.04 Å². The summed E-state index contributed by atoms with van der Waals surface area (Å²) in [7, 11) is 0. The minimum atomic E-state index is 0.137. The van der Waals surface area contributed by atoms with Crippen molar-refractivity contribution in [3.63, 3.8) is 0 Å². The molecule has 0 radical (unpaired) electrons. The Morgan fingerprint density at radius 2 is 2.05 bits per heavy atom. The number of imidazole rings is 1. The molecule has 20 heavy (non-hydrogen) atoms. The number of hydrogen-bond donors (Lipinski definition) is 1. The molecular formula is C16H24N4. The van der Waals surface area contributed by atoms with Crippen LogP contribution < -0.4 is 5.32 Å². The van der Waals surface area contributed by atoms with Gasteiger partial charge in [-0.15, -0.1) is 0 Å². The topological polar surface area (TPSA) is 42.7 Å². The van der Waals surface area contributed by atoms with Crippen LogP contribution in [0.2, 0.25) is 0 Å². The SMILES string of the molecule is CCCNC(c1ccnc(C)c1)c1nccn1CCC. The summed E-state index contributed by atoms with van der Waals surface area (Å²) < 4.78 is 2.24. The van der Waals surface area contributed by atoms with Crippen molar-refractivity contribution in [3.8, 4) is 0 Å². The first-order valence-corrected chi connectivity index (χ1v) is 7.43. The Balaban J connectivity index is 2.33. The molecule has 0 amide bonds. The number of rotatable bonds is 7. The zero-order chi connectivity index (χ0) is 14.4. The lowest BCUT2D eigenvalue weighted by Crippen LogP contribution is -2.26. The third-order valence-corrected chi connectivity index (χ3v) is 3.32. The maximum absolute atomic E-state index is 4.57. The second-order valence-corrected chi connectivity index (χ2v) is 5.10. The first-order valence-electron chi connectivity index (χ1n) is 7.43. The highest BCUT2D eigenvalue weighted by Crippen LogP contribution is 2.21. The van der Waals surface area contributed by atoms with Crippen LogP contribution >= 0.6 is 0 Å². The average Bonchev–Trinajstić information content (AvgIpc) is 2.88. The molecule has 0 saturated carbocycles. The minimum Gasteiger partial charge on any atom is -0.333 e. The van der Waals surface area contributed by atoms with Crippen molar-refractivity contribution in [1.29, 1.82) is 0 Å². The molecule has 0 spiro atoms. The van der Waals surface area contributed by atoms with Gasteiger partial charge in [-0.3, -0.25) is 4.98 Å². The van der Waals surface area contributed by atoms with E-state index in [1.807, 2.05) is 19.3 Å². The van der Waals surface area contributed by atoms with Crippen LogP contribution in [0.15, 0.2) is 30.7 Å². The smallest absolute Gasteiger partial charge is 0.130 e. The van der Waals surface area contributed by atoms with Gasteiger partial charge in [-0.05, 0) is 44.0 Å². The minimum absolute atomic E-state index is 0.137. The van der Waals surface area contributed by atoms with E-state index in [1.54, 1.807) is 0 Å². The van der Waals surface area contributed by atoms with Crippen LogP contribution in [0.25, 0.3) is 0 Å². The quantitative estimate of drug-likeness (QED) is 0.842. The number of pyridine rings is 1. The van der Waals surface area contributed by atoms with Gasteiger partial charge in [-0.1, -0.05) is 13.8 Å². The molecule has 0 aliphatic carbocycles. The maximum Gasteiger partial charge on any atom is 0.130 e. The van der Waals surface area contributed by atoms with Gasteiger partial charge in [-0.2, -0.15) is 0 Å². The van der Waals surface area contributed by atoms with Crippen LogP contribution in [0.3, 0.4) is 0 Å². The Labute approximate surface area is 121 Å². The lowest BCUT2D eigenvalue weighted by molar-refractivity contribution is 0.529. The van der Waals surface area contributed by atoms with E-state index in [4.69, 9.17) is 0 Å². The van der Waals surface area contributed by atoms with Crippen LogP contribution in [-0.4, -0.2) is 21.1 Å². The molecule has 4 nitrogen and oxygen atoms in total. The fourth-order valence-corrected chi connectivity index (χ4v) is 2.40. The molecule has 0 bridgehead atoms. The Hall–Kier alpha value is -1.68. The number of hydrogen-bond acceptors (Lipinski definition) is 3. The summed E-state index contributed by atoms with van der Waals surface area (Å²) in [5.74, 6) is 1.09. The fourth-order valence-electron chi connectivity index (χ4n) is 2.40. The monoisotopic (exact) mass is 272 g/mol. The van der Waals surface area contributed by atoms with Gasteiger partial charge < -0.3 is 9.88 Å². The fraction of sp³-hybridized carbons (Fsp3) is 0.500. The van der Waals surface area contributed by atoms with Crippen LogP contribution in [-0.2, 0) is 6.54 Å². The summed E-state index contributed by atoms with van der Waals surface area (Å²) in [5, 5.41) is 3.60. The highest BCUT2D eigenvalue weighted by atomic mass is 15.1. The summed E-state index contributed by atoms with van der Waals surface area (Å²) in [6.45, 7) is 8.38. The zero-order valence-corrected chi connectivity index (χ0v) is 12.6. The predicted molar refractivity (Wildman–Crippen MR) is 81.6 cm³/mol. The molecule has 0 aliphatic rings. The van der Waals surface area contributed by atoms with Crippen molar-refractivity contribution in [2.45, 2.75) is 46.2 Å². The van der Waals surface area contributed by atoms with Crippen molar-refractivity contribution in [2.75, 3.05) is 6.54 Å². The van der Waals surface area contributed by atoms with Crippen molar-refractivity contribution >= 4 is 0 Å². The third kappa shape index (κ3) is 3.45. The van der Waals surface area contributed by atoms with Gasteiger partial charge in [0.15, 0.2) is 0 Å². The van der Waals surface area contributed by atoms with E-state index in [0.29, 0.717) is 0 Å². The second kappa shape index (κ2) is 7.20. The molecule has 0 fully saturated rings. The molecule has 0 aliphatic heterocycles. The molecule has 4 heteroatoms. The van der Waals surface area contributed by atoms with Crippen LogP contribution in [0.4, 0.5) is 0 Å². The lowest BCUT2D eigenvalue weighted by atomic mass is 10.1. The molecule has 0 aromatic carbocycles. The summed E-state index contributed by atoms with van der Waals surface area (Å²) in [5.41, 5.74) is 2.27. The maximum atomic E-state index is 4.57. The Morgan fingerprint density at radius 3 is 2.75 bits per heavy atom. The normalized spacial score (nSPS) is 12.6. The van der Waals surface area contributed by atoms with Crippen LogP contribution in [0.5, 0.6) is 0 Å². The summed E-state index contributed by atoms with van der Waals surface area (Å²) >= 11 is 0. The zero-order valence-electron chi connectivity index (χ0n) is 12.6. The molecule has 1 unspecified atom stereocenters. The molecule has 2 aromatic heterocycles. The number of aryl methyl sites for hydroxylation is 2.